The predicted octanol–water partition coefficient (Wildman–Crippen LogP) is 0.210. The zero-order chi connectivity index (χ0) is 15.9. The van der Waals surface area contributed by atoms with Crippen molar-refractivity contribution in [3.63, 3.8) is 0 Å². The zero-order valence-corrected chi connectivity index (χ0v) is 13.0. The molecule has 8 nitrogen and oxygen atoms in total. The molecular weight excluding hydrogens is 294 g/mol. The summed E-state index contributed by atoms with van der Waals surface area (Å²) in [6, 6.07) is 0. The SMILES string of the molecule is O=C(NCC1CCCN(CCn2cnnc2)C1)c1cnccn1. The van der Waals surface area contributed by atoms with E-state index in [2.05, 4.69) is 30.4 Å². The average molecular weight is 315 g/mol. The van der Waals surface area contributed by atoms with Crippen LogP contribution in [0.3, 0.4) is 0 Å². The summed E-state index contributed by atoms with van der Waals surface area (Å²) in [5.41, 5.74) is 0.368. The van der Waals surface area contributed by atoms with E-state index in [0.29, 0.717) is 18.2 Å². The van der Waals surface area contributed by atoms with Gasteiger partial charge in [0, 0.05) is 38.6 Å². The van der Waals surface area contributed by atoms with Gasteiger partial charge in [-0.25, -0.2) is 4.98 Å². The third kappa shape index (κ3) is 4.56. The first-order valence-electron chi connectivity index (χ1n) is 7.90. The summed E-state index contributed by atoms with van der Waals surface area (Å²) in [6.45, 7) is 4.66. The van der Waals surface area contributed by atoms with Gasteiger partial charge in [-0.2, -0.15) is 0 Å². The van der Waals surface area contributed by atoms with Crippen LogP contribution >= 0.6 is 0 Å². The number of nitrogens with zero attached hydrogens (tertiary/aromatic N) is 6. The lowest BCUT2D eigenvalue weighted by Gasteiger charge is -2.32. The zero-order valence-electron chi connectivity index (χ0n) is 13.0. The first kappa shape index (κ1) is 15.5. The molecule has 8 heteroatoms. The fourth-order valence-corrected chi connectivity index (χ4v) is 2.86. The van der Waals surface area contributed by atoms with Gasteiger partial charge in [0.25, 0.3) is 5.91 Å². The van der Waals surface area contributed by atoms with Gasteiger partial charge in [0.15, 0.2) is 0 Å². The van der Waals surface area contributed by atoms with Crippen molar-refractivity contribution in [2.24, 2.45) is 5.92 Å². The lowest BCUT2D eigenvalue weighted by Crippen LogP contribution is -2.42. The molecule has 0 aliphatic carbocycles. The fraction of sp³-hybridized carbons (Fsp3) is 0.533. The number of amides is 1. The van der Waals surface area contributed by atoms with Crippen molar-refractivity contribution in [2.75, 3.05) is 26.2 Å². The topological polar surface area (TPSA) is 88.8 Å². The Balaban J connectivity index is 1.42. The monoisotopic (exact) mass is 315 g/mol. The molecule has 1 aliphatic rings. The van der Waals surface area contributed by atoms with E-state index in [1.807, 2.05) is 4.57 Å². The summed E-state index contributed by atoms with van der Waals surface area (Å²) < 4.78 is 1.99. The summed E-state index contributed by atoms with van der Waals surface area (Å²) in [5.74, 6) is 0.324. The van der Waals surface area contributed by atoms with E-state index in [4.69, 9.17) is 0 Å². The van der Waals surface area contributed by atoms with Crippen LogP contribution in [-0.4, -0.2) is 61.7 Å². The molecule has 3 heterocycles. The Morgan fingerprint density at radius 1 is 1.26 bits per heavy atom. The molecule has 1 atom stereocenters. The molecule has 0 spiro atoms. The highest BCUT2D eigenvalue weighted by Crippen LogP contribution is 2.15. The minimum atomic E-state index is -0.153. The molecule has 1 unspecified atom stereocenters. The number of hydrogen-bond acceptors (Lipinski definition) is 6. The highest BCUT2D eigenvalue weighted by molar-refractivity contribution is 5.91. The van der Waals surface area contributed by atoms with Crippen LogP contribution in [0.2, 0.25) is 0 Å². The van der Waals surface area contributed by atoms with Crippen LogP contribution in [0, 0.1) is 5.92 Å². The second-order valence-corrected chi connectivity index (χ2v) is 5.81. The van der Waals surface area contributed by atoms with Gasteiger partial charge in [0.05, 0.1) is 6.20 Å². The number of rotatable bonds is 6. The third-order valence-corrected chi connectivity index (χ3v) is 4.09. The molecule has 0 aromatic carbocycles. The van der Waals surface area contributed by atoms with Crippen molar-refractivity contribution >= 4 is 5.91 Å². The lowest BCUT2D eigenvalue weighted by atomic mass is 9.98. The molecule has 2 aromatic heterocycles. The van der Waals surface area contributed by atoms with E-state index in [1.54, 1.807) is 18.9 Å². The van der Waals surface area contributed by atoms with Gasteiger partial charge >= 0.3 is 0 Å². The average Bonchev–Trinajstić information content (AvgIpc) is 3.12. The second kappa shape index (κ2) is 7.77. The molecule has 0 saturated carbocycles. The standard InChI is InChI=1S/C15H21N7O/c23-15(14-9-16-3-4-17-14)18-8-13-2-1-5-21(10-13)6-7-22-11-19-20-12-22/h3-4,9,11-13H,1-2,5-8,10H2,(H,18,23). The van der Waals surface area contributed by atoms with Crippen molar-refractivity contribution in [1.82, 2.24) is 34.9 Å². The van der Waals surface area contributed by atoms with E-state index in [0.717, 1.165) is 39.0 Å². The summed E-state index contributed by atoms with van der Waals surface area (Å²) >= 11 is 0. The Kier molecular flexibility index (Phi) is 5.25. The summed E-state index contributed by atoms with van der Waals surface area (Å²) in [4.78, 5) is 22.4. The molecule has 1 amide bonds. The van der Waals surface area contributed by atoms with E-state index in [9.17, 15) is 4.79 Å². The van der Waals surface area contributed by atoms with Crippen LogP contribution < -0.4 is 5.32 Å². The Hall–Kier alpha value is -2.35. The lowest BCUT2D eigenvalue weighted by molar-refractivity contribution is 0.0926. The molecule has 0 radical (unpaired) electrons. The number of likely N-dealkylation sites (tertiary alicyclic amines) is 1. The summed E-state index contributed by atoms with van der Waals surface area (Å²) in [6.07, 6.45) is 10.4. The molecule has 2 aromatic rings. The van der Waals surface area contributed by atoms with Gasteiger partial charge in [0.1, 0.15) is 18.3 Å². The minimum absolute atomic E-state index is 0.153. The van der Waals surface area contributed by atoms with Crippen LogP contribution in [0.15, 0.2) is 31.2 Å². The molecule has 0 bridgehead atoms. The van der Waals surface area contributed by atoms with Crippen LogP contribution in [0.25, 0.3) is 0 Å². The maximum Gasteiger partial charge on any atom is 0.271 e. The van der Waals surface area contributed by atoms with E-state index in [-0.39, 0.29) is 5.91 Å². The maximum atomic E-state index is 12.0. The number of carbonyl (C=O) groups excluding carboxylic acids is 1. The minimum Gasteiger partial charge on any atom is -0.350 e. The van der Waals surface area contributed by atoms with Crippen molar-refractivity contribution in [3.8, 4) is 0 Å². The van der Waals surface area contributed by atoms with Gasteiger partial charge in [0.2, 0.25) is 0 Å². The van der Waals surface area contributed by atoms with E-state index >= 15 is 0 Å². The number of hydrogen-bond donors (Lipinski definition) is 1. The smallest absolute Gasteiger partial charge is 0.271 e. The van der Waals surface area contributed by atoms with Crippen LogP contribution in [-0.2, 0) is 6.54 Å². The number of carbonyl (C=O) groups is 1. The highest BCUT2D eigenvalue weighted by Gasteiger charge is 2.20. The van der Waals surface area contributed by atoms with Crippen LogP contribution in [0.5, 0.6) is 0 Å². The first-order valence-corrected chi connectivity index (χ1v) is 7.90. The Labute approximate surface area is 135 Å². The Bertz CT molecular complexity index is 602. The molecule has 1 saturated heterocycles. The van der Waals surface area contributed by atoms with E-state index in [1.165, 1.54) is 12.4 Å². The van der Waals surface area contributed by atoms with Crippen LogP contribution in [0.1, 0.15) is 23.3 Å². The second-order valence-electron chi connectivity index (χ2n) is 5.81. The normalized spacial score (nSPS) is 18.7. The van der Waals surface area contributed by atoms with Gasteiger partial charge in [-0.15, -0.1) is 10.2 Å². The van der Waals surface area contributed by atoms with Crippen LogP contribution in [0.4, 0.5) is 0 Å². The van der Waals surface area contributed by atoms with Crippen molar-refractivity contribution < 1.29 is 4.79 Å². The van der Waals surface area contributed by atoms with Gasteiger partial charge in [-0.05, 0) is 25.3 Å². The van der Waals surface area contributed by atoms with Crippen molar-refractivity contribution in [2.45, 2.75) is 19.4 Å². The molecule has 23 heavy (non-hydrogen) atoms. The largest absolute Gasteiger partial charge is 0.350 e. The Morgan fingerprint density at radius 3 is 2.91 bits per heavy atom. The summed E-state index contributed by atoms with van der Waals surface area (Å²) in [5, 5.41) is 10.6. The number of aromatic nitrogens is 5. The maximum absolute atomic E-state index is 12.0. The van der Waals surface area contributed by atoms with Gasteiger partial charge < -0.3 is 14.8 Å². The van der Waals surface area contributed by atoms with Crippen molar-refractivity contribution in [3.05, 3.63) is 36.9 Å². The third-order valence-electron chi connectivity index (χ3n) is 4.09. The number of nitrogens with one attached hydrogen (secondary N) is 1. The molecule has 3 rings (SSSR count). The molecule has 1 aliphatic heterocycles. The Morgan fingerprint density at radius 2 is 2.13 bits per heavy atom. The highest BCUT2D eigenvalue weighted by atomic mass is 16.1. The molecule has 1 fully saturated rings. The first-order chi connectivity index (χ1) is 11.3. The quantitative estimate of drug-likeness (QED) is 0.820. The molecular formula is C15H21N7O. The fourth-order valence-electron chi connectivity index (χ4n) is 2.86. The van der Waals surface area contributed by atoms with Gasteiger partial charge in [-0.1, -0.05) is 0 Å². The van der Waals surface area contributed by atoms with Crippen molar-refractivity contribution in [1.29, 1.82) is 0 Å². The predicted molar refractivity (Wildman–Crippen MR) is 83.6 cm³/mol. The molecule has 1 N–H and O–H groups in total. The van der Waals surface area contributed by atoms with Gasteiger partial charge in [-0.3, -0.25) is 9.78 Å². The number of piperidine rings is 1. The van der Waals surface area contributed by atoms with E-state index < -0.39 is 0 Å². The molecule has 122 valence electrons. The summed E-state index contributed by atoms with van der Waals surface area (Å²) in [7, 11) is 0.